The Balaban J connectivity index is 1.31. The minimum Gasteiger partial charge on any atom is -0.361 e. The van der Waals surface area contributed by atoms with Gasteiger partial charge in [0.15, 0.2) is 9.84 Å². The van der Waals surface area contributed by atoms with Gasteiger partial charge < -0.3 is 10.2 Å². The summed E-state index contributed by atoms with van der Waals surface area (Å²) in [5.41, 5.74) is 0.665. The molecule has 1 N–H and O–H groups in total. The Kier molecular flexibility index (Phi) is 5.83. The number of nitrogens with one attached hydrogen (secondary N) is 1. The molecule has 1 amide bonds. The van der Waals surface area contributed by atoms with E-state index in [1.54, 1.807) is 11.8 Å². The van der Waals surface area contributed by atoms with Gasteiger partial charge in [0.2, 0.25) is 5.82 Å². The molecule has 1 aromatic heterocycles. The Hall–Kier alpha value is -2.66. The van der Waals surface area contributed by atoms with Gasteiger partial charge >= 0.3 is 0 Å². The van der Waals surface area contributed by atoms with Crippen LogP contribution in [0.4, 0.5) is 18.9 Å². The number of amides is 1. The summed E-state index contributed by atoms with van der Waals surface area (Å²) in [4.78, 5) is 22.3. The van der Waals surface area contributed by atoms with Crippen LogP contribution in [-0.4, -0.2) is 48.1 Å². The predicted molar refractivity (Wildman–Crippen MR) is 123 cm³/mol. The molecule has 7 nitrogen and oxygen atoms in total. The first-order valence-corrected chi connectivity index (χ1v) is 13.1. The van der Waals surface area contributed by atoms with Crippen molar-refractivity contribution in [1.29, 1.82) is 0 Å². The first-order chi connectivity index (χ1) is 16.5. The van der Waals surface area contributed by atoms with Crippen molar-refractivity contribution in [2.24, 2.45) is 11.8 Å². The Bertz CT molecular complexity index is 1300. The summed E-state index contributed by atoms with van der Waals surface area (Å²) >= 11 is 6.12. The first-order valence-electron chi connectivity index (χ1n) is 11.1. The zero-order chi connectivity index (χ0) is 25.1. The predicted octanol–water partition coefficient (Wildman–Crippen LogP) is 3.92. The molecule has 1 saturated heterocycles. The molecule has 1 aromatic carbocycles. The number of aromatic nitrogens is 2. The molecule has 2 aromatic rings. The summed E-state index contributed by atoms with van der Waals surface area (Å²) in [7, 11) is -3.30. The standard InChI is InChI=1S/C23H22ClF3N4O3S/c1-12(7-8-35(33,34)14-5-6-14)30-22(32)21-28-9-13(10-29-21)31-11-16-18(23(16,26)27)20(31)15-3-2-4-17(25)19(15)24/h2-4,7-10,12,14,16,18,20H,5-6,11H2,1H3,(H,30,32)/b8-7+/t12-,16+,18+,20+/m1/s1. The van der Waals surface area contributed by atoms with Crippen LogP contribution in [0.15, 0.2) is 42.1 Å². The monoisotopic (exact) mass is 526 g/mol. The van der Waals surface area contributed by atoms with Crippen LogP contribution < -0.4 is 10.2 Å². The minimum absolute atomic E-state index is 0.0153. The molecule has 0 spiro atoms. The van der Waals surface area contributed by atoms with Gasteiger partial charge in [-0.25, -0.2) is 31.6 Å². The van der Waals surface area contributed by atoms with Gasteiger partial charge in [-0.3, -0.25) is 4.79 Å². The Morgan fingerprint density at radius 3 is 2.63 bits per heavy atom. The van der Waals surface area contributed by atoms with Crippen LogP contribution in [0, 0.1) is 17.7 Å². The van der Waals surface area contributed by atoms with Gasteiger partial charge in [-0.2, -0.15) is 0 Å². The maximum atomic E-state index is 14.3. The van der Waals surface area contributed by atoms with Crippen molar-refractivity contribution in [3.8, 4) is 0 Å². The molecule has 0 bridgehead atoms. The van der Waals surface area contributed by atoms with E-state index in [9.17, 15) is 26.4 Å². The number of nitrogens with zero attached hydrogens (tertiary/aromatic N) is 3. The fourth-order valence-electron chi connectivity index (χ4n) is 4.62. The molecule has 35 heavy (non-hydrogen) atoms. The van der Waals surface area contributed by atoms with Crippen LogP contribution in [0.25, 0.3) is 0 Å². The summed E-state index contributed by atoms with van der Waals surface area (Å²) in [5, 5.41) is 3.19. The van der Waals surface area contributed by atoms with E-state index in [1.807, 2.05) is 0 Å². The molecule has 3 fully saturated rings. The highest BCUT2D eigenvalue weighted by Crippen LogP contribution is 2.67. The second kappa shape index (κ2) is 8.48. The number of carbonyl (C=O) groups is 1. The second-order valence-electron chi connectivity index (χ2n) is 9.19. The van der Waals surface area contributed by atoms with Gasteiger partial charge in [0, 0.05) is 18.0 Å². The Morgan fingerprint density at radius 2 is 1.97 bits per heavy atom. The Morgan fingerprint density at radius 1 is 1.29 bits per heavy atom. The number of hydrogen-bond donors (Lipinski definition) is 1. The molecular formula is C23H22ClF3N4O3S. The van der Waals surface area contributed by atoms with E-state index in [-0.39, 0.29) is 28.2 Å². The van der Waals surface area contributed by atoms with E-state index in [0.717, 1.165) is 5.41 Å². The van der Waals surface area contributed by atoms with Crippen molar-refractivity contribution in [1.82, 2.24) is 15.3 Å². The van der Waals surface area contributed by atoms with Crippen LogP contribution in [0.3, 0.4) is 0 Å². The highest BCUT2D eigenvalue weighted by Gasteiger charge is 2.76. The first kappa shape index (κ1) is 24.1. The minimum atomic E-state index is -3.30. The normalized spacial score (nSPS) is 26.0. The quantitative estimate of drug-likeness (QED) is 0.588. The zero-order valence-corrected chi connectivity index (χ0v) is 20.1. The van der Waals surface area contributed by atoms with Crippen LogP contribution in [-0.2, 0) is 9.84 Å². The fourth-order valence-corrected chi connectivity index (χ4v) is 6.33. The number of benzene rings is 1. The highest BCUT2D eigenvalue weighted by molar-refractivity contribution is 7.95. The summed E-state index contributed by atoms with van der Waals surface area (Å²) in [5.74, 6) is -6.23. The lowest BCUT2D eigenvalue weighted by molar-refractivity contribution is 0.0719. The van der Waals surface area contributed by atoms with E-state index >= 15 is 0 Å². The fraction of sp³-hybridized carbons (Fsp3) is 0.435. The molecular weight excluding hydrogens is 505 g/mol. The zero-order valence-electron chi connectivity index (χ0n) is 18.5. The van der Waals surface area contributed by atoms with E-state index in [2.05, 4.69) is 15.3 Å². The van der Waals surface area contributed by atoms with Crippen molar-refractivity contribution in [3.63, 3.8) is 0 Å². The maximum Gasteiger partial charge on any atom is 0.289 e. The van der Waals surface area contributed by atoms with E-state index < -0.39 is 51.4 Å². The maximum absolute atomic E-state index is 14.3. The average Bonchev–Trinajstić information content (AvgIpc) is 3.70. The van der Waals surface area contributed by atoms with Gasteiger partial charge in [0.1, 0.15) is 5.82 Å². The van der Waals surface area contributed by atoms with Crippen molar-refractivity contribution >= 4 is 33.0 Å². The molecule has 3 aliphatic rings. The van der Waals surface area contributed by atoms with Crippen molar-refractivity contribution in [3.05, 3.63) is 64.3 Å². The molecule has 12 heteroatoms. The molecule has 0 unspecified atom stereocenters. The Labute approximate surface area is 205 Å². The van der Waals surface area contributed by atoms with Crippen molar-refractivity contribution in [2.75, 3.05) is 11.4 Å². The number of alkyl halides is 2. The third kappa shape index (κ3) is 4.40. The number of carbonyl (C=O) groups excluding carboxylic acids is 1. The SMILES string of the molecule is C[C@H](/C=C/S(=O)(=O)C1CC1)NC(=O)c1ncc(N2C[C@H]3[C@@H]([C@@H]2c2cccc(F)c2Cl)C3(F)F)cn1. The number of anilines is 1. The van der Waals surface area contributed by atoms with Gasteiger partial charge in [-0.05, 0) is 31.4 Å². The summed E-state index contributed by atoms with van der Waals surface area (Å²) in [6.07, 6.45) is 5.39. The van der Waals surface area contributed by atoms with Crippen LogP contribution in [0.2, 0.25) is 5.02 Å². The number of hydrogen-bond acceptors (Lipinski definition) is 6. The van der Waals surface area contributed by atoms with E-state index in [4.69, 9.17) is 11.6 Å². The van der Waals surface area contributed by atoms with E-state index in [0.29, 0.717) is 18.5 Å². The van der Waals surface area contributed by atoms with Gasteiger partial charge in [0.05, 0.1) is 46.2 Å². The molecule has 4 atom stereocenters. The topological polar surface area (TPSA) is 92.3 Å². The van der Waals surface area contributed by atoms with Crippen LogP contribution >= 0.6 is 11.6 Å². The molecule has 2 aliphatic carbocycles. The smallest absolute Gasteiger partial charge is 0.289 e. The van der Waals surface area contributed by atoms with Gasteiger partial charge in [-0.15, -0.1) is 0 Å². The molecule has 0 radical (unpaired) electrons. The number of piperidine rings is 1. The van der Waals surface area contributed by atoms with Crippen LogP contribution in [0.5, 0.6) is 0 Å². The third-order valence-electron chi connectivity index (χ3n) is 6.71. The lowest BCUT2D eigenvalue weighted by Crippen LogP contribution is -2.33. The van der Waals surface area contributed by atoms with Crippen molar-refractivity contribution in [2.45, 2.75) is 43.0 Å². The number of fused-ring (bicyclic) bond motifs is 1. The summed E-state index contributed by atoms with van der Waals surface area (Å²) in [6, 6.07) is 2.69. The molecule has 2 heterocycles. The highest BCUT2D eigenvalue weighted by atomic mass is 35.5. The summed E-state index contributed by atoms with van der Waals surface area (Å²) in [6.45, 7) is 1.64. The van der Waals surface area contributed by atoms with Gasteiger partial charge in [-0.1, -0.05) is 29.8 Å². The number of halogens is 4. The summed E-state index contributed by atoms with van der Waals surface area (Å²) < 4.78 is 66.5. The van der Waals surface area contributed by atoms with Gasteiger partial charge in [0.25, 0.3) is 11.8 Å². The third-order valence-corrected chi connectivity index (χ3v) is 9.05. The average molecular weight is 527 g/mol. The molecule has 5 rings (SSSR count). The largest absolute Gasteiger partial charge is 0.361 e. The van der Waals surface area contributed by atoms with Crippen molar-refractivity contribution < 1.29 is 26.4 Å². The van der Waals surface area contributed by atoms with Crippen LogP contribution in [0.1, 0.15) is 42.0 Å². The molecule has 1 aliphatic heterocycles. The lowest BCUT2D eigenvalue weighted by atomic mass is 10.0. The lowest BCUT2D eigenvalue weighted by Gasteiger charge is -2.31. The second-order valence-corrected chi connectivity index (χ2v) is 11.7. The molecule has 2 saturated carbocycles. The van der Waals surface area contributed by atoms with E-state index in [1.165, 1.54) is 36.7 Å². The molecule has 186 valence electrons. The number of rotatable bonds is 7. The number of sulfone groups is 1.